The van der Waals surface area contributed by atoms with E-state index in [1.807, 2.05) is 0 Å². The number of aliphatic carboxylic acids is 1. The molecule has 24 heavy (non-hydrogen) atoms. The largest absolute Gasteiger partial charge is 0.481 e. The summed E-state index contributed by atoms with van der Waals surface area (Å²) in [6.45, 7) is 5.95. The Morgan fingerprint density at radius 3 is 2.79 bits per heavy atom. The molecule has 1 spiro atoms. The maximum absolute atomic E-state index is 12.7. The van der Waals surface area contributed by atoms with Crippen LogP contribution in [-0.2, 0) is 14.3 Å². The number of hydrogen-bond acceptors (Lipinski definition) is 4. The van der Waals surface area contributed by atoms with Crippen molar-refractivity contribution in [1.29, 1.82) is 0 Å². The third-order valence-electron chi connectivity index (χ3n) is 8.46. The number of ether oxygens (including phenoxy) is 1. The lowest BCUT2D eigenvalue weighted by Crippen LogP contribution is -2.53. The van der Waals surface area contributed by atoms with Crippen molar-refractivity contribution in [2.75, 3.05) is 0 Å². The van der Waals surface area contributed by atoms with Gasteiger partial charge in [0, 0.05) is 11.8 Å². The molecule has 0 aromatic carbocycles. The highest BCUT2D eigenvalue weighted by Crippen LogP contribution is 2.77. The Morgan fingerprint density at radius 2 is 2.08 bits per heavy atom. The minimum absolute atomic E-state index is 0.0878. The first-order valence-corrected chi connectivity index (χ1v) is 9.09. The number of aliphatic hydroxyl groups is 1. The SMILES string of the molecule is C=C1C[C@]23CC1CC[C@H]2[C@@]12CC[C@H](O)[C@](C)(C(=O)O1)[C@H]2[C@@H]3C(=O)O. The first kappa shape index (κ1) is 14.9. The fraction of sp³-hybridized carbons (Fsp3) is 0.789. The van der Waals surface area contributed by atoms with Crippen molar-refractivity contribution in [3.8, 4) is 0 Å². The van der Waals surface area contributed by atoms with E-state index in [0.717, 1.165) is 25.7 Å². The van der Waals surface area contributed by atoms with Crippen LogP contribution in [0.4, 0.5) is 0 Å². The molecule has 4 aliphatic carbocycles. The van der Waals surface area contributed by atoms with Crippen LogP contribution in [0.2, 0.25) is 0 Å². The fourth-order valence-corrected chi connectivity index (χ4v) is 7.66. The van der Waals surface area contributed by atoms with Crippen molar-refractivity contribution in [3.05, 3.63) is 12.2 Å². The van der Waals surface area contributed by atoms with Gasteiger partial charge < -0.3 is 14.9 Å². The van der Waals surface area contributed by atoms with Gasteiger partial charge in [-0.25, -0.2) is 0 Å². The molecule has 5 rings (SSSR count). The van der Waals surface area contributed by atoms with E-state index in [9.17, 15) is 19.8 Å². The molecular formula is C19H24O5. The molecule has 1 unspecified atom stereocenters. The van der Waals surface area contributed by atoms with Gasteiger partial charge in [-0.05, 0) is 56.8 Å². The van der Waals surface area contributed by atoms with Crippen molar-refractivity contribution in [1.82, 2.24) is 0 Å². The van der Waals surface area contributed by atoms with Gasteiger partial charge >= 0.3 is 11.9 Å². The van der Waals surface area contributed by atoms with Gasteiger partial charge in [0.2, 0.25) is 0 Å². The molecule has 5 nitrogen and oxygen atoms in total. The average molecular weight is 332 g/mol. The number of aliphatic hydroxyl groups excluding tert-OH is 1. The normalized spacial score (nSPS) is 57.5. The Morgan fingerprint density at radius 1 is 1.33 bits per heavy atom. The Labute approximate surface area is 141 Å². The van der Waals surface area contributed by atoms with Crippen LogP contribution < -0.4 is 0 Å². The smallest absolute Gasteiger partial charge is 0.315 e. The highest BCUT2D eigenvalue weighted by Gasteiger charge is 2.83. The second-order valence-corrected chi connectivity index (χ2v) is 9.07. The lowest BCUT2D eigenvalue weighted by Gasteiger charge is -2.44. The van der Waals surface area contributed by atoms with Gasteiger partial charge in [-0.1, -0.05) is 12.2 Å². The minimum Gasteiger partial charge on any atom is -0.481 e. The number of carboxylic acid groups (broad SMARTS) is 1. The minimum atomic E-state index is -1.09. The van der Waals surface area contributed by atoms with Crippen molar-refractivity contribution in [2.45, 2.75) is 57.2 Å². The summed E-state index contributed by atoms with van der Waals surface area (Å²) in [5.41, 5.74) is -0.953. The molecule has 0 amide bonds. The number of carbonyl (C=O) groups is 2. The zero-order chi connectivity index (χ0) is 17.1. The van der Waals surface area contributed by atoms with Crippen molar-refractivity contribution in [3.63, 3.8) is 0 Å². The van der Waals surface area contributed by atoms with Crippen LogP contribution in [0.1, 0.15) is 45.4 Å². The first-order chi connectivity index (χ1) is 11.3. The Bertz CT molecular complexity index is 685. The molecule has 1 saturated heterocycles. The number of fused-ring (bicyclic) bond motifs is 1. The van der Waals surface area contributed by atoms with E-state index in [4.69, 9.17) is 4.74 Å². The lowest BCUT2D eigenvalue weighted by molar-refractivity contribution is -0.162. The topological polar surface area (TPSA) is 83.8 Å². The summed E-state index contributed by atoms with van der Waals surface area (Å²) < 4.78 is 6.01. The maximum atomic E-state index is 12.7. The van der Waals surface area contributed by atoms with Gasteiger partial charge in [0.15, 0.2) is 0 Å². The third kappa shape index (κ3) is 1.29. The Kier molecular flexibility index (Phi) is 2.53. The second kappa shape index (κ2) is 4.06. The first-order valence-electron chi connectivity index (χ1n) is 9.09. The summed E-state index contributed by atoms with van der Waals surface area (Å²) in [5, 5.41) is 20.8. The zero-order valence-electron chi connectivity index (χ0n) is 14.0. The van der Waals surface area contributed by atoms with Crippen LogP contribution >= 0.6 is 0 Å². The summed E-state index contributed by atoms with van der Waals surface area (Å²) in [7, 11) is 0. The Balaban J connectivity index is 1.76. The monoisotopic (exact) mass is 332 g/mol. The summed E-state index contributed by atoms with van der Waals surface area (Å²) in [4.78, 5) is 25.1. The molecule has 0 aromatic rings. The van der Waals surface area contributed by atoms with Crippen LogP contribution in [0.15, 0.2) is 12.2 Å². The van der Waals surface area contributed by atoms with Gasteiger partial charge in [-0.2, -0.15) is 0 Å². The summed E-state index contributed by atoms with van der Waals surface area (Å²) in [6, 6.07) is 0. The summed E-state index contributed by atoms with van der Waals surface area (Å²) >= 11 is 0. The van der Waals surface area contributed by atoms with E-state index in [1.165, 1.54) is 5.57 Å². The van der Waals surface area contributed by atoms with Crippen LogP contribution in [0.5, 0.6) is 0 Å². The van der Waals surface area contributed by atoms with Crippen LogP contribution in [0.25, 0.3) is 0 Å². The molecule has 5 heteroatoms. The predicted octanol–water partition coefficient (Wildman–Crippen LogP) is 2.14. The van der Waals surface area contributed by atoms with E-state index in [0.29, 0.717) is 18.8 Å². The van der Waals surface area contributed by atoms with E-state index < -0.39 is 40.9 Å². The quantitative estimate of drug-likeness (QED) is 0.568. The molecule has 5 aliphatic rings. The van der Waals surface area contributed by atoms with E-state index >= 15 is 0 Å². The maximum Gasteiger partial charge on any atom is 0.315 e. The molecule has 2 N–H and O–H groups in total. The predicted molar refractivity (Wildman–Crippen MR) is 83.8 cm³/mol. The van der Waals surface area contributed by atoms with E-state index in [2.05, 4.69) is 6.58 Å². The summed E-state index contributed by atoms with van der Waals surface area (Å²) in [5.74, 6) is -1.78. The third-order valence-corrected chi connectivity index (χ3v) is 8.46. The molecule has 8 atom stereocenters. The standard InChI is InChI=1S/C19H24O5/c1-9-7-18-8-10(9)3-4-11(18)19-6-5-12(20)17(2,16(23)24-19)14(19)13(18)15(21)22/h10-14,20H,1,3-8H2,2H3,(H,21,22)/t10?,11-,12+,13-,14-,17+,18+,19-/m1/s1. The van der Waals surface area contributed by atoms with Crippen LogP contribution in [0, 0.1) is 34.5 Å². The van der Waals surface area contributed by atoms with Gasteiger partial charge in [-0.15, -0.1) is 0 Å². The molecule has 1 heterocycles. The molecule has 0 aromatic heterocycles. The van der Waals surface area contributed by atoms with E-state index in [-0.39, 0.29) is 11.3 Å². The second-order valence-electron chi connectivity index (χ2n) is 9.07. The number of hydrogen-bond donors (Lipinski definition) is 2. The number of carbonyl (C=O) groups excluding carboxylic acids is 1. The van der Waals surface area contributed by atoms with Crippen LogP contribution in [-0.4, -0.2) is 33.9 Å². The highest BCUT2D eigenvalue weighted by atomic mass is 16.6. The fourth-order valence-electron chi connectivity index (χ4n) is 7.66. The molecule has 1 aliphatic heterocycles. The number of esters is 1. The average Bonchev–Trinajstić information content (AvgIpc) is 2.98. The number of allylic oxidation sites excluding steroid dienone is 1. The van der Waals surface area contributed by atoms with Crippen molar-refractivity contribution in [2.24, 2.45) is 34.5 Å². The molecular weight excluding hydrogens is 308 g/mol. The Hall–Kier alpha value is -1.36. The van der Waals surface area contributed by atoms with Gasteiger partial charge in [0.1, 0.15) is 5.60 Å². The van der Waals surface area contributed by atoms with E-state index in [1.54, 1.807) is 6.92 Å². The molecule has 5 fully saturated rings. The molecule has 130 valence electrons. The number of carboxylic acids is 1. The number of rotatable bonds is 1. The molecule has 0 radical (unpaired) electrons. The molecule has 4 saturated carbocycles. The van der Waals surface area contributed by atoms with Gasteiger partial charge in [-0.3, -0.25) is 9.59 Å². The zero-order valence-corrected chi connectivity index (χ0v) is 14.0. The lowest BCUT2D eigenvalue weighted by atomic mass is 9.59. The van der Waals surface area contributed by atoms with Crippen LogP contribution in [0.3, 0.4) is 0 Å². The van der Waals surface area contributed by atoms with Gasteiger partial charge in [0.25, 0.3) is 0 Å². The van der Waals surface area contributed by atoms with Crippen molar-refractivity contribution >= 4 is 11.9 Å². The van der Waals surface area contributed by atoms with Crippen molar-refractivity contribution < 1.29 is 24.5 Å². The summed E-state index contributed by atoms with van der Waals surface area (Å²) in [6.07, 6.45) is 3.81. The molecule has 4 bridgehead atoms. The van der Waals surface area contributed by atoms with Gasteiger partial charge in [0.05, 0.1) is 17.4 Å². The highest BCUT2D eigenvalue weighted by molar-refractivity contribution is 5.85.